The minimum atomic E-state index is -0.450. The summed E-state index contributed by atoms with van der Waals surface area (Å²) in [6.45, 7) is 2.22. The normalized spacial score (nSPS) is 12.4. The molecule has 0 aliphatic carbocycles. The number of ether oxygens (including phenoxy) is 1. The van der Waals surface area contributed by atoms with Gasteiger partial charge in [-0.15, -0.1) is 5.10 Å². The van der Waals surface area contributed by atoms with Crippen molar-refractivity contribution in [1.29, 1.82) is 0 Å². The molecular weight excluding hydrogens is 401 g/mol. The van der Waals surface area contributed by atoms with Gasteiger partial charge in [-0.05, 0) is 47.7 Å². The third kappa shape index (κ3) is 3.72. The van der Waals surface area contributed by atoms with Crippen molar-refractivity contribution in [2.75, 3.05) is 0 Å². The van der Waals surface area contributed by atoms with Crippen molar-refractivity contribution >= 4 is 11.2 Å². The van der Waals surface area contributed by atoms with Crippen molar-refractivity contribution in [3.63, 3.8) is 0 Å². The predicted octanol–water partition coefficient (Wildman–Crippen LogP) is 2.41. The Morgan fingerprint density at radius 2 is 2.06 bits per heavy atom. The summed E-state index contributed by atoms with van der Waals surface area (Å²) in [4.78, 5) is 9.16. The largest absolute Gasteiger partial charge is 0.486 e. The molecule has 5 rings (SSSR count). The summed E-state index contributed by atoms with van der Waals surface area (Å²) >= 11 is 0. The number of aromatic nitrogens is 9. The Morgan fingerprint density at radius 3 is 2.84 bits per heavy atom. The molecule has 4 aromatic heterocycles. The molecule has 11 heteroatoms. The number of halogens is 1. The maximum absolute atomic E-state index is 14.4. The van der Waals surface area contributed by atoms with Crippen LogP contribution in [0.1, 0.15) is 6.92 Å². The fraction of sp³-hybridized carbons (Fsp3) is 0.200. The van der Waals surface area contributed by atoms with Crippen LogP contribution < -0.4 is 4.74 Å². The van der Waals surface area contributed by atoms with Gasteiger partial charge in [-0.2, -0.15) is 5.10 Å². The molecule has 1 atom stereocenters. The van der Waals surface area contributed by atoms with Crippen molar-refractivity contribution in [1.82, 2.24) is 44.5 Å². The summed E-state index contributed by atoms with van der Waals surface area (Å²) in [7, 11) is 1.85. The summed E-state index contributed by atoms with van der Waals surface area (Å²) in [5.41, 5.74) is 3.70. The van der Waals surface area contributed by atoms with E-state index in [4.69, 9.17) is 9.72 Å². The average Bonchev–Trinajstić information content (AvgIpc) is 3.50. The van der Waals surface area contributed by atoms with Gasteiger partial charge in [-0.25, -0.2) is 19.0 Å². The van der Waals surface area contributed by atoms with E-state index in [9.17, 15) is 4.39 Å². The molecule has 0 saturated carbocycles. The third-order valence-corrected chi connectivity index (χ3v) is 4.76. The van der Waals surface area contributed by atoms with Crippen LogP contribution in [-0.4, -0.2) is 50.6 Å². The van der Waals surface area contributed by atoms with Crippen LogP contribution in [0.2, 0.25) is 0 Å². The second-order valence-electron chi connectivity index (χ2n) is 7.13. The molecule has 5 aromatic rings. The van der Waals surface area contributed by atoms with Gasteiger partial charge in [0, 0.05) is 18.8 Å². The zero-order valence-electron chi connectivity index (χ0n) is 16.8. The van der Waals surface area contributed by atoms with Crippen LogP contribution >= 0.6 is 0 Å². The second kappa shape index (κ2) is 7.59. The Labute approximate surface area is 175 Å². The van der Waals surface area contributed by atoms with Gasteiger partial charge < -0.3 is 4.74 Å². The second-order valence-corrected chi connectivity index (χ2v) is 7.13. The first-order chi connectivity index (χ1) is 15.1. The lowest BCUT2D eigenvalue weighted by atomic mass is 10.1. The number of nitrogens with zero attached hydrogens (tertiary/aromatic N) is 9. The maximum atomic E-state index is 14.4. The van der Waals surface area contributed by atoms with E-state index in [-0.39, 0.29) is 11.9 Å². The van der Waals surface area contributed by atoms with Crippen molar-refractivity contribution in [2.24, 2.45) is 7.05 Å². The molecule has 0 bridgehead atoms. The van der Waals surface area contributed by atoms with Crippen LogP contribution in [0.15, 0.2) is 55.4 Å². The number of hydrogen-bond acceptors (Lipinski definition) is 7. The van der Waals surface area contributed by atoms with Crippen LogP contribution in [-0.2, 0) is 13.6 Å². The SMILES string of the molecule is C[C@@H](Cn1cnnn1)Oc1cc(-c2ccc3ncn(-c4cnn(C)c4)c3n2)ccc1F. The summed E-state index contributed by atoms with van der Waals surface area (Å²) in [6.07, 6.45) is 6.47. The van der Waals surface area contributed by atoms with Gasteiger partial charge in [-0.1, -0.05) is 0 Å². The fourth-order valence-electron chi connectivity index (χ4n) is 3.31. The van der Waals surface area contributed by atoms with E-state index >= 15 is 0 Å². The predicted molar refractivity (Wildman–Crippen MR) is 109 cm³/mol. The van der Waals surface area contributed by atoms with Gasteiger partial charge in [0.25, 0.3) is 0 Å². The first-order valence-electron chi connectivity index (χ1n) is 9.57. The molecule has 0 spiro atoms. The molecule has 0 aliphatic heterocycles. The number of fused-ring (bicyclic) bond motifs is 1. The third-order valence-electron chi connectivity index (χ3n) is 4.76. The summed E-state index contributed by atoms with van der Waals surface area (Å²) in [5.74, 6) is -0.311. The molecule has 0 radical (unpaired) electrons. The summed E-state index contributed by atoms with van der Waals surface area (Å²) in [5, 5.41) is 15.2. The van der Waals surface area contributed by atoms with Crippen LogP contribution in [0, 0.1) is 5.82 Å². The molecule has 0 amide bonds. The van der Waals surface area contributed by atoms with Gasteiger partial charge >= 0.3 is 0 Å². The molecule has 10 nitrogen and oxygen atoms in total. The van der Waals surface area contributed by atoms with E-state index in [1.54, 1.807) is 29.3 Å². The Balaban J connectivity index is 1.46. The summed E-state index contributed by atoms with van der Waals surface area (Å²) in [6, 6.07) is 8.43. The zero-order valence-corrected chi connectivity index (χ0v) is 16.8. The molecule has 0 N–H and O–H groups in total. The smallest absolute Gasteiger partial charge is 0.165 e. The number of aryl methyl sites for hydroxylation is 1. The van der Waals surface area contributed by atoms with E-state index < -0.39 is 5.82 Å². The molecule has 0 fully saturated rings. The number of benzene rings is 1. The first-order valence-corrected chi connectivity index (χ1v) is 9.57. The minimum absolute atomic E-state index is 0.140. The van der Waals surface area contributed by atoms with Crippen LogP contribution in [0.5, 0.6) is 5.75 Å². The lowest BCUT2D eigenvalue weighted by Crippen LogP contribution is -2.20. The summed E-state index contributed by atoms with van der Waals surface area (Å²) < 4.78 is 25.3. The fourth-order valence-corrected chi connectivity index (χ4v) is 3.31. The molecule has 4 heterocycles. The van der Waals surface area contributed by atoms with Gasteiger partial charge in [-0.3, -0.25) is 9.25 Å². The van der Waals surface area contributed by atoms with Crippen molar-refractivity contribution < 1.29 is 9.13 Å². The van der Waals surface area contributed by atoms with Gasteiger partial charge in [0.05, 0.1) is 24.1 Å². The standard InChI is InChI=1S/C20H18FN9O/c1-13(9-29-12-23-26-27-29)31-19-7-14(3-4-16(19)21)17-5-6-18-20(25-17)30(11-22-18)15-8-24-28(2)10-15/h3-8,10-13H,9H2,1-2H3/t13-/m0/s1. The maximum Gasteiger partial charge on any atom is 0.165 e. The van der Waals surface area contributed by atoms with E-state index in [0.29, 0.717) is 17.9 Å². The highest BCUT2D eigenvalue weighted by Crippen LogP contribution is 2.28. The molecule has 0 unspecified atom stereocenters. The minimum Gasteiger partial charge on any atom is -0.486 e. The number of rotatable bonds is 6. The Hall–Kier alpha value is -4.15. The number of imidazole rings is 1. The van der Waals surface area contributed by atoms with Crippen LogP contribution in [0.25, 0.3) is 28.1 Å². The average molecular weight is 419 g/mol. The Bertz CT molecular complexity index is 1340. The number of hydrogen-bond donors (Lipinski definition) is 0. The Kier molecular flexibility index (Phi) is 4.62. The topological polar surface area (TPSA) is 101 Å². The highest BCUT2D eigenvalue weighted by molar-refractivity contribution is 5.77. The Morgan fingerprint density at radius 1 is 1.16 bits per heavy atom. The molecule has 31 heavy (non-hydrogen) atoms. The van der Waals surface area contributed by atoms with E-state index in [2.05, 4.69) is 25.6 Å². The molecule has 1 aromatic carbocycles. The van der Waals surface area contributed by atoms with E-state index in [1.165, 1.54) is 17.1 Å². The molecule has 0 aliphatic rings. The van der Waals surface area contributed by atoms with Crippen molar-refractivity contribution in [3.05, 3.63) is 61.2 Å². The lowest BCUT2D eigenvalue weighted by Gasteiger charge is -2.15. The molecule has 0 saturated heterocycles. The quantitative estimate of drug-likeness (QED) is 0.416. The number of pyridine rings is 1. The monoisotopic (exact) mass is 419 g/mol. The highest BCUT2D eigenvalue weighted by atomic mass is 19.1. The van der Waals surface area contributed by atoms with Gasteiger partial charge in [0.2, 0.25) is 0 Å². The first kappa shape index (κ1) is 18.9. The highest BCUT2D eigenvalue weighted by Gasteiger charge is 2.14. The zero-order chi connectivity index (χ0) is 21.4. The molecule has 156 valence electrons. The van der Waals surface area contributed by atoms with E-state index in [1.807, 2.05) is 36.9 Å². The van der Waals surface area contributed by atoms with Gasteiger partial charge in [0.15, 0.2) is 17.2 Å². The number of tetrazole rings is 1. The van der Waals surface area contributed by atoms with Crippen molar-refractivity contribution in [2.45, 2.75) is 19.6 Å². The van der Waals surface area contributed by atoms with Crippen molar-refractivity contribution in [3.8, 4) is 22.7 Å². The molecular formula is C20H18FN9O. The van der Waals surface area contributed by atoms with Crippen LogP contribution in [0.4, 0.5) is 4.39 Å². The van der Waals surface area contributed by atoms with Gasteiger partial charge in [0.1, 0.15) is 24.3 Å². The van der Waals surface area contributed by atoms with E-state index in [0.717, 1.165) is 16.8 Å². The van der Waals surface area contributed by atoms with Crippen LogP contribution in [0.3, 0.4) is 0 Å². The lowest BCUT2D eigenvalue weighted by molar-refractivity contribution is 0.185.